The van der Waals surface area contributed by atoms with Crippen molar-refractivity contribution >= 4 is 12.2 Å². The average molecular weight is 334 g/mol. The number of hydrogen-bond donors (Lipinski definition) is 5. The second kappa shape index (κ2) is 9.26. The Labute approximate surface area is 135 Å². The molecule has 0 aromatic rings. The maximum Gasteiger partial charge on any atom is 0.217 e. The number of rotatable bonds is 8. The van der Waals surface area contributed by atoms with Gasteiger partial charge < -0.3 is 40.2 Å². The Morgan fingerprint density at radius 1 is 1.39 bits per heavy atom. The Balaban J connectivity index is 2.76. The summed E-state index contributed by atoms with van der Waals surface area (Å²) in [5.74, 6) is -0.416. The molecule has 0 aromatic heterocycles. The van der Waals surface area contributed by atoms with Crippen molar-refractivity contribution in [2.24, 2.45) is 0 Å². The van der Waals surface area contributed by atoms with Gasteiger partial charge in [0.1, 0.15) is 30.6 Å². The van der Waals surface area contributed by atoms with Crippen molar-refractivity contribution in [3.05, 3.63) is 0 Å². The van der Waals surface area contributed by atoms with Gasteiger partial charge in [0.15, 0.2) is 6.29 Å². The largest absolute Gasteiger partial charge is 0.394 e. The van der Waals surface area contributed by atoms with Gasteiger partial charge in [-0.3, -0.25) is 4.79 Å². The van der Waals surface area contributed by atoms with Crippen LogP contribution in [0, 0.1) is 0 Å². The molecule has 1 unspecified atom stereocenters. The van der Waals surface area contributed by atoms with E-state index in [1.165, 1.54) is 6.92 Å². The normalized spacial score (nSPS) is 33.7. The summed E-state index contributed by atoms with van der Waals surface area (Å²) < 4.78 is 10.8. The summed E-state index contributed by atoms with van der Waals surface area (Å²) >= 11 is 0. The van der Waals surface area contributed by atoms with Crippen LogP contribution in [0.3, 0.4) is 0 Å². The van der Waals surface area contributed by atoms with E-state index in [1.54, 1.807) is 13.8 Å². The summed E-state index contributed by atoms with van der Waals surface area (Å²) in [6, 6.07) is -1.32. The maximum atomic E-state index is 11.3. The maximum absolute atomic E-state index is 11.3. The molecule has 0 aromatic carbocycles. The van der Waals surface area contributed by atoms with Gasteiger partial charge in [0, 0.05) is 13.5 Å². The van der Waals surface area contributed by atoms with Crippen LogP contribution in [0.4, 0.5) is 0 Å². The minimum absolute atomic E-state index is 0.330. The van der Waals surface area contributed by atoms with E-state index in [0.717, 1.165) is 6.29 Å². The van der Waals surface area contributed by atoms with Gasteiger partial charge in [-0.25, -0.2) is 0 Å². The first-order valence-electron chi connectivity index (χ1n) is 7.53. The summed E-state index contributed by atoms with van der Waals surface area (Å²) in [7, 11) is 0. The molecule has 1 fully saturated rings. The lowest BCUT2D eigenvalue weighted by atomic mass is 9.96. The van der Waals surface area contributed by atoms with Crippen LogP contribution in [0.5, 0.6) is 0 Å². The van der Waals surface area contributed by atoms with Gasteiger partial charge in [-0.15, -0.1) is 0 Å². The molecule has 1 saturated heterocycles. The van der Waals surface area contributed by atoms with Crippen LogP contribution >= 0.6 is 0 Å². The number of amides is 1. The van der Waals surface area contributed by atoms with Crippen LogP contribution in [-0.4, -0.2) is 83.5 Å². The number of ether oxygens (including phenoxy) is 2. The molecular formula is C14H26N2O7. The molecule has 9 nitrogen and oxygen atoms in total. The zero-order valence-electron chi connectivity index (χ0n) is 13.5. The summed E-state index contributed by atoms with van der Waals surface area (Å²) in [6.45, 7) is 4.51. The van der Waals surface area contributed by atoms with E-state index in [-0.39, 0.29) is 6.04 Å². The van der Waals surface area contributed by atoms with Crippen molar-refractivity contribution in [1.82, 2.24) is 10.6 Å². The summed E-state index contributed by atoms with van der Waals surface area (Å²) in [5.41, 5.74) is 0. The number of carbonyl (C=O) groups is 2. The lowest BCUT2D eigenvalue weighted by molar-refractivity contribution is -0.267. The number of aldehydes is 1. The van der Waals surface area contributed by atoms with Crippen molar-refractivity contribution in [2.75, 3.05) is 13.2 Å². The predicted molar refractivity (Wildman–Crippen MR) is 79.4 cm³/mol. The first-order chi connectivity index (χ1) is 10.8. The van der Waals surface area contributed by atoms with E-state index < -0.39 is 49.3 Å². The fraction of sp³-hybridized carbons (Fsp3) is 0.857. The quantitative estimate of drug-likeness (QED) is 0.308. The third kappa shape index (κ3) is 5.79. The van der Waals surface area contributed by atoms with E-state index in [0.29, 0.717) is 6.54 Å². The molecule has 0 radical (unpaired) electrons. The monoisotopic (exact) mass is 334 g/mol. The third-order valence-electron chi connectivity index (χ3n) is 3.56. The van der Waals surface area contributed by atoms with E-state index in [4.69, 9.17) is 9.47 Å². The highest BCUT2D eigenvalue weighted by Gasteiger charge is 2.46. The smallest absolute Gasteiger partial charge is 0.217 e. The molecule has 1 amide bonds. The minimum Gasteiger partial charge on any atom is -0.394 e. The topological polar surface area (TPSA) is 137 Å². The molecule has 0 saturated carbocycles. The summed E-state index contributed by atoms with van der Waals surface area (Å²) in [4.78, 5) is 21.9. The molecule has 1 rings (SSSR count). The van der Waals surface area contributed by atoms with E-state index >= 15 is 0 Å². The molecule has 9 heteroatoms. The van der Waals surface area contributed by atoms with Crippen molar-refractivity contribution in [1.29, 1.82) is 0 Å². The molecule has 1 aliphatic rings. The Bertz CT molecular complexity index is 395. The molecule has 0 spiro atoms. The van der Waals surface area contributed by atoms with Crippen LogP contribution < -0.4 is 10.6 Å². The third-order valence-corrected chi connectivity index (χ3v) is 3.56. The van der Waals surface area contributed by atoms with Crippen LogP contribution in [0.1, 0.15) is 20.8 Å². The number of aliphatic hydroxyl groups is 3. The standard InChI is InChI=1S/C14H26N2O7/c1-7(5-17)15-4-8(2)22-13-11(16-9(3)19)14(21)23-10(6-18)12(13)20/h5,7-8,10-15,18,20-21H,4,6H2,1-3H3,(H,16,19)/t7-,8?,10+,11+,12+,13+,14-/m0/s1. The van der Waals surface area contributed by atoms with Crippen molar-refractivity contribution in [3.8, 4) is 0 Å². The molecule has 0 bridgehead atoms. The van der Waals surface area contributed by atoms with Gasteiger partial charge in [0.05, 0.1) is 18.8 Å². The SMILES string of the molecule is CC(=O)N[C@@H]1[C@@H](OC(C)CN[C@@H](C)C=O)[C@H](O)[C@@H](CO)O[C@@H]1O. The first-order valence-corrected chi connectivity index (χ1v) is 7.53. The lowest BCUT2D eigenvalue weighted by Crippen LogP contribution is -2.65. The molecule has 5 N–H and O–H groups in total. The number of aliphatic hydroxyl groups excluding tert-OH is 3. The van der Waals surface area contributed by atoms with E-state index in [2.05, 4.69) is 10.6 Å². The van der Waals surface area contributed by atoms with Gasteiger partial charge >= 0.3 is 0 Å². The number of hydrogen-bond acceptors (Lipinski definition) is 8. The Kier molecular flexibility index (Phi) is 8.03. The van der Waals surface area contributed by atoms with Crippen LogP contribution in [-0.2, 0) is 19.1 Å². The molecule has 0 aliphatic carbocycles. The van der Waals surface area contributed by atoms with Gasteiger partial charge in [-0.1, -0.05) is 0 Å². The van der Waals surface area contributed by atoms with Crippen molar-refractivity contribution < 1.29 is 34.4 Å². The van der Waals surface area contributed by atoms with Gasteiger partial charge in [0.2, 0.25) is 5.91 Å². The van der Waals surface area contributed by atoms with Gasteiger partial charge in [-0.2, -0.15) is 0 Å². The first kappa shape index (κ1) is 19.9. The zero-order chi connectivity index (χ0) is 17.6. The molecular weight excluding hydrogens is 308 g/mol. The second-order valence-corrected chi connectivity index (χ2v) is 5.71. The number of carbonyl (C=O) groups excluding carboxylic acids is 2. The Morgan fingerprint density at radius 2 is 2.04 bits per heavy atom. The fourth-order valence-corrected chi connectivity index (χ4v) is 2.35. The van der Waals surface area contributed by atoms with E-state index in [1.807, 2.05) is 0 Å². The average Bonchev–Trinajstić information content (AvgIpc) is 2.51. The van der Waals surface area contributed by atoms with Crippen molar-refractivity contribution in [3.63, 3.8) is 0 Å². The molecule has 7 atom stereocenters. The van der Waals surface area contributed by atoms with E-state index in [9.17, 15) is 24.9 Å². The molecule has 1 aliphatic heterocycles. The van der Waals surface area contributed by atoms with Crippen LogP contribution in [0.2, 0.25) is 0 Å². The number of nitrogens with one attached hydrogen (secondary N) is 2. The second-order valence-electron chi connectivity index (χ2n) is 5.71. The molecule has 134 valence electrons. The lowest BCUT2D eigenvalue weighted by Gasteiger charge is -2.43. The van der Waals surface area contributed by atoms with Gasteiger partial charge in [-0.05, 0) is 13.8 Å². The zero-order valence-corrected chi connectivity index (χ0v) is 13.5. The van der Waals surface area contributed by atoms with Crippen LogP contribution in [0.25, 0.3) is 0 Å². The molecule has 1 heterocycles. The highest BCUT2D eigenvalue weighted by molar-refractivity contribution is 5.73. The predicted octanol–water partition coefficient (Wildman–Crippen LogP) is -2.49. The van der Waals surface area contributed by atoms with Crippen molar-refractivity contribution in [2.45, 2.75) is 63.6 Å². The fourth-order valence-electron chi connectivity index (χ4n) is 2.35. The van der Waals surface area contributed by atoms with Crippen LogP contribution in [0.15, 0.2) is 0 Å². The van der Waals surface area contributed by atoms with Gasteiger partial charge in [0.25, 0.3) is 0 Å². The highest BCUT2D eigenvalue weighted by Crippen LogP contribution is 2.23. The highest BCUT2D eigenvalue weighted by atomic mass is 16.6. The summed E-state index contributed by atoms with van der Waals surface area (Å²) in [5, 5.41) is 34.9. The Morgan fingerprint density at radius 3 is 2.57 bits per heavy atom. The summed E-state index contributed by atoms with van der Waals surface area (Å²) in [6.07, 6.45) is -4.30. The minimum atomic E-state index is -1.42. The Hall–Kier alpha value is -1.10. The molecule has 23 heavy (non-hydrogen) atoms.